The highest BCUT2D eigenvalue weighted by Crippen LogP contribution is 1.86. The molecule has 1 rings (SSSR count). The monoisotopic (exact) mass is 172 g/mol. The van der Waals surface area contributed by atoms with E-state index >= 15 is 0 Å². The number of nitrogens with two attached hydrogens (primary N) is 2. The van der Waals surface area contributed by atoms with Crippen molar-refractivity contribution in [2.45, 2.75) is 0 Å². The second kappa shape index (κ2) is 4.67. The van der Waals surface area contributed by atoms with E-state index in [4.69, 9.17) is 11.6 Å². The van der Waals surface area contributed by atoms with Crippen molar-refractivity contribution in [1.29, 1.82) is 0 Å². The Kier molecular flexibility index (Phi) is 6.01. The van der Waals surface area contributed by atoms with Crippen molar-refractivity contribution < 1.29 is 0 Å². The van der Waals surface area contributed by atoms with Crippen LogP contribution in [-0.4, -0.2) is 24.1 Å². The zero-order valence-electron chi connectivity index (χ0n) is 4.78. The largest absolute Gasteiger partial charge is 0.369 e. The molecule has 0 fully saturated rings. The summed E-state index contributed by atoms with van der Waals surface area (Å²) in [4.78, 5) is 3.81. The van der Waals surface area contributed by atoms with Gasteiger partial charge in [0.05, 0.1) is 13.1 Å². The van der Waals surface area contributed by atoms with Gasteiger partial charge in [0.1, 0.15) is 0 Å². The van der Waals surface area contributed by atoms with Crippen LogP contribution in [-0.2, 0) is 0 Å². The van der Waals surface area contributed by atoms with Crippen LogP contribution < -0.4 is 11.6 Å². The standard InChI is InChI=1S/C3H8N4.2ClH/c4-3-6-1-2-7(3)5;;/h1-2,5H2,(H2,4,6);2*1H. The normalized spacial score (nSPS) is 15.7. The molecule has 0 amide bonds. The molecule has 0 radical (unpaired) electrons. The first-order valence-corrected chi connectivity index (χ1v) is 2.13. The number of nitrogens with zero attached hydrogens (tertiary/aromatic N) is 2. The van der Waals surface area contributed by atoms with Gasteiger partial charge in [-0.05, 0) is 0 Å². The number of guanidine groups is 1. The average molecular weight is 173 g/mol. The molecule has 56 valence electrons. The molecule has 4 nitrogen and oxygen atoms in total. The van der Waals surface area contributed by atoms with Crippen LogP contribution in [0.3, 0.4) is 0 Å². The molecule has 6 heteroatoms. The summed E-state index contributed by atoms with van der Waals surface area (Å²) in [6.45, 7) is 1.49. The van der Waals surface area contributed by atoms with Crippen LogP contribution in [0.25, 0.3) is 0 Å². The van der Waals surface area contributed by atoms with E-state index < -0.39 is 0 Å². The predicted molar refractivity (Wildman–Crippen MR) is 41.9 cm³/mol. The van der Waals surface area contributed by atoms with Crippen molar-refractivity contribution in [3.8, 4) is 0 Å². The maximum Gasteiger partial charge on any atom is 0.205 e. The van der Waals surface area contributed by atoms with Crippen LogP contribution in [0.5, 0.6) is 0 Å². The summed E-state index contributed by atoms with van der Waals surface area (Å²) in [6.07, 6.45) is 0. The number of halogens is 2. The van der Waals surface area contributed by atoms with E-state index in [0.717, 1.165) is 13.1 Å². The van der Waals surface area contributed by atoms with Crippen molar-refractivity contribution in [2.75, 3.05) is 13.1 Å². The highest BCUT2D eigenvalue weighted by atomic mass is 35.5. The summed E-state index contributed by atoms with van der Waals surface area (Å²) >= 11 is 0. The molecular weight excluding hydrogens is 163 g/mol. The summed E-state index contributed by atoms with van der Waals surface area (Å²) in [5.74, 6) is 5.70. The fourth-order valence-electron chi connectivity index (χ4n) is 0.478. The summed E-state index contributed by atoms with van der Waals surface area (Å²) in [5, 5.41) is 1.43. The zero-order valence-corrected chi connectivity index (χ0v) is 6.41. The minimum absolute atomic E-state index is 0. The SMILES string of the molecule is Cl.Cl.NC1=NCCN1N. The Morgan fingerprint density at radius 3 is 2.11 bits per heavy atom. The third kappa shape index (κ3) is 2.74. The van der Waals surface area contributed by atoms with Crippen LogP contribution in [0.15, 0.2) is 4.99 Å². The van der Waals surface area contributed by atoms with Crippen molar-refractivity contribution in [3.05, 3.63) is 0 Å². The Bertz CT molecular complexity index is 104. The van der Waals surface area contributed by atoms with Crippen LogP contribution in [0.4, 0.5) is 0 Å². The quantitative estimate of drug-likeness (QED) is 0.477. The third-order valence-corrected chi connectivity index (χ3v) is 0.909. The van der Waals surface area contributed by atoms with Gasteiger partial charge in [-0.2, -0.15) is 0 Å². The highest BCUT2D eigenvalue weighted by molar-refractivity contribution is 5.85. The summed E-state index contributed by atoms with van der Waals surface area (Å²) in [5.41, 5.74) is 5.23. The maximum absolute atomic E-state index is 5.26. The third-order valence-electron chi connectivity index (χ3n) is 0.909. The van der Waals surface area contributed by atoms with Crippen molar-refractivity contribution in [3.63, 3.8) is 0 Å². The van der Waals surface area contributed by atoms with E-state index in [9.17, 15) is 0 Å². The molecule has 0 aromatic carbocycles. The molecule has 9 heavy (non-hydrogen) atoms. The van der Waals surface area contributed by atoms with Gasteiger partial charge < -0.3 is 5.73 Å². The molecule has 0 atom stereocenters. The first-order chi connectivity index (χ1) is 3.30. The fourth-order valence-corrected chi connectivity index (χ4v) is 0.478. The topological polar surface area (TPSA) is 67.6 Å². The Hall–Kier alpha value is -0.190. The summed E-state index contributed by atoms with van der Waals surface area (Å²) < 4.78 is 0. The lowest BCUT2D eigenvalue weighted by molar-refractivity contribution is 0.479. The second-order valence-electron chi connectivity index (χ2n) is 1.43. The fraction of sp³-hybridized carbons (Fsp3) is 0.667. The van der Waals surface area contributed by atoms with Gasteiger partial charge in [0.2, 0.25) is 5.96 Å². The van der Waals surface area contributed by atoms with E-state index in [2.05, 4.69) is 4.99 Å². The molecule has 0 aromatic heterocycles. The lowest BCUT2D eigenvalue weighted by Crippen LogP contribution is -2.39. The molecular formula is C3H10Cl2N4. The van der Waals surface area contributed by atoms with Crippen LogP contribution in [0.1, 0.15) is 0 Å². The van der Waals surface area contributed by atoms with Gasteiger partial charge in [-0.15, -0.1) is 24.8 Å². The molecule has 0 bridgehead atoms. The van der Waals surface area contributed by atoms with E-state index in [1.165, 1.54) is 5.01 Å². The lowest BCUT2D eigenvalue weighted by atomic mass is 10.7. The van der Waals surface area contributed by atoms with Crippen LogP contribution in [0, 0.1) is 0 Å². The molecule has 0 saturated carbocycles. The van der Waals surface area contributed by atoms with Gasteiger partial charge >= 0.3 is 0 Å². The number of rotatable bonds is 0. The lowest BCUT2D eigenvalue weighted by Gasteiger charge is -2.06. The molecule has 1 heterocycles. The van der Waals surface area contributed by atoms with Crippen LogP contribution in [0.2, 0.25) is 0 Å². The molecule has 4 N–H and O–H groups in total. The first kappa shape index (κ1) is 11.6. The number of hydrogen-bond acceptors (Lipinski definition) is 4. The zero-order chi connectivity index (χ0) is 5.28. The van der Waals surface area contributed by atoms with Crippen molar-refractivity contribution in [1.82, 2.24) is 5.01 Å². The predicted octanol–water partition coefficient (Wildman–Crippen LogP) is -0.666. The first-order valence-electron chi connectivity index (χ1n) is 2.13. The average Bonchev–Trinajstić information content (AvgIpc) is 1.91. The maximum atomic E-state index is 5.26. The Morgan fingerprint density at radius 1 is 1.44 bits per heavy atom. The minimum atomic E-state index is 0. The van der Waals surface area contributed by atoms with Gasteiger partial charge in [0.15, 0.2) is 0 Å². The smallest absolute Gasteiger partial charge is 0.205 e. The van der Waals surface area contributed by atoms with Gasteiger partial charge in [-0.3, -0.25) is 10.0 Å². The molecule has 1 aliphatic heterocycles. The van der Waals surface area contributed by atoms with Crippen LogP contribution >= 0.6 is 24.8 Å². The van der Waals surface area contributed by atoms with Crippen molar-refractivity contribution in [2.24, 2.45) is 16.6 Å². The Labute approximate surface area is 66.1 Å². The minimum Gasteiger partial charge on any atom is -0.369 e. The Morgan fingerprint density at radius 2 is 2.00 bits per heavy atom. The second-order valence-corrected chi connectivity index (χ2v) is 1.43. The molecule has 0 aromatic rings. The van der Waals surface area contributed by atoms with E-state index in [1.807, 2.05) is 0 Å². The number of hydrogen-bond donors (Lipinski definition) is 2. The van der Waals surface area contributed by atoms with Crippen molar-refractivity contribution >= 4 is 30.8 Å². The van der Waals surface area contributed by atoms with E-state index in [1.54, 1.807) is 0 Å². The molecule has 0 unspecified atom stereocenters. The summed E-state index contributed by atoms with van der Waals surface area (Å²) in [7, 11) is 0. The highest BCUT2D eigenvalue weighted by Gasteiger charge is 2.06. The van der Waals surface area contributed by atoms with Gasteiger partial charge in [0.25, 0.3) is 0 Å². The Balaban J connectivity index is 0. The molecule has 0 saturated heterocycles. The number of hydrazine groups is 1. The van der Waals surface area contributed by atoms with E-state index in [0.29, 0.717) is 5.96 Å². The molecule has 1 aliphatic rings. The van der Waals surface area contributed by atoms with Gasteiger partial charge in [-0.25, -0.2) is 5.84 Å². The number of aliphatic imine (C=N–C) groups is 1. The van der Waals surface area contributed by atoms with E-state index in [-0.39, 0.29) is 24.8 Å². The molecule has 0 spiro atoms. The van der Waals surface area contributed by atoms with Gasteiger partial charge in [0, 0.05) is 0 Å². The molecule has 0 aliphatic carbocycles. The van der Waals surface area contributed by atoms with Gasteiger partial charge in [-0.1, -0.05) is 0 Å². The summed E-state index contributed by atoms with van der Waals surface area (Å²) in [6, 6.07) is 0.